The predicted octanol–water partition coefficient (Wildman–Crippen LogP) is 3.24. The number of hydrogen-bond acceptors (Lipinski definition) is 6. The molecule has 8 heteroatoms. The molecule has 0 amide bonds. The van der Waals surface area contributed by atoms with Gasteiger partial charge in [0.1, 0.15) is 0 Å². The minimum Gasteiger partial charge on any atom is -0.397 e. The third-order valence-electron chi connectivity index (χ3n) is 5.74. The van der Waals surface area contributed by atoms with Gasteiger partial charge in [-0.2, -0.15) is 10.1 Å². The Morgan fingerprint density at radius 1 is 1.27 bits per heavy atom. The van der Waals surface area contributed by atoms with Crippen LogP contribution >= 0.6 is 0 Å². The first kappa shape index (κ1) is 20.4. The highest BCUT2D eigenvalue weighted by atomic mass is 16.3. The van der Waals surface area contributed by atoms with Crippen LogP contribution in [0.25, 0.3) is 11.0 Å². The standard InChI is InChI=1S/C22H31N7O/c1-13(2)18-20-19(27-26-18)21(24-17-10-6-5-9-16(17)23)25-22(29(20)14(3)4)28-11-7-8-15(28)12-30/h5-6,9-10,13-15,30H,7-8,11-12,23H2,1-4H3,(H,26,27). The molecule has 1 saturated heterocycles. The molecule has 1 atom stereocenters. The highest BCUT2D eigenvalue weighted by Crippen LogP contribution is 2.31. The number of para-hydroxylation sites is 2. The summed E-state index contributed by atoms with van der Waals surface area (Å²) in [4.78, 5) is 12.0. The van der Waals surface area contributed by atoms with Gasteiger partial charge in [0, 0.05) is 12.6 Å². The molecule has 3 aromatic rings. The second-order valence-corrected chi connectivity index (χ2v) is 8.53. The fourth-order valence-corrected chi connectivity index (χ4v) is 4.22. The van der Waals surface area contributed by atoms with Crippen molar-refractivity contribution in [3.8, 4) is 0 Å². The van der Waals surface area contributed by atoms with Gasteiger partial charge in [-0.15, -0.1) is 0 Å². The van der Waals surface area contributed by atoms with E-state index in [9.17, 15) is 5.11 Å². The topological polar surface area (TPSA) is 108 Å². The van der Waals surface area contributed by atoms with Gasteiger partial charge >= 0.3 is 0 Å². The van der Waals surface area contributed by atoms with Crippen LogP contribution in [0.4, 0.5) is 17.3 Å². The molecular weight excluding hydrogens is 378 g/mol. The van der Waals surface area contributed by atoms with E-state index in [1.165, 1.54) is 0 Å². The zero-order valence-corrected chi connectivity index (χ0v) is 18.1. The average Bonchev–Trinajstić information content (AvgIpc) is 3.36. The fourth-order valence-electron chi connectivity index (χ4n) is 4.22. The molecule has 1 aromatic carbocycles. The number of fused-ring (bicyclic) bond motifs is 1. The van der Waals surface area contributed by atoms with E-state index in [0.717, 1.165) is 42.1 Å². The Bertz CT molecular complexity index is 1110. The van der Waals surface area contributed by atoms with Gasteiger partial charge in [-0.1, -0.05) is 26.0 Å². The normalized spacial score (nSPS) is 17.8. The van der Waals surface area contributed by atoms with Gasteiger partial charge in [0.2, 0.25) is 5.95 Å². The van der Waals surface area contributed by atoms with Crippen LogP contribution in [0.5, 0.6) is 0 Å². The van der Waals surface area contributed by atoms with Gasteiger partial charge in [-0.3, -0.25) is 5.10 Å². The van der Waals surface area contributed by atoms with Crippen molar-refractivity contribution in [2.24, 2.45) is 4.99 Å². The lowest BCUT2D eigenvalue weighted by Crippen LogP contribution is -2.37. The lowest BCUT2D eigenvalue weighted by atomic mass is 10.1. The van der Waals surface area contributed by atoms with Crippen molar-refractivity contribution in [2.75, 3.05) is 23.8 Å². The molecule has 8 nitrogen and oxygen atoms in total. The predicted molar refractivity (Wildman–Crippen MR) is 120 cm³/mol. The number of aliphatic hydroxyl groups is 1. The number of nitrogens with one attached hydrogen (secondary N) is 1. The molecule has 0 aliphatic carbocycles. The van der Waals surface area contributed by atoms with Crippen molar-refractivity contribution >= 4 is 28.4 Å². The summed E-state index contributed by atoms with van der Waals surface area (Å²) in [7, 11) is 0. The third kappa shape index (κ3) is 3.45. The van der Waals surface area contributed by atoms with E-state index in [4.69, 9.17) is 15.7 Å². The Balaban J connectivity index is 2.08. The Morgan fingerprint density at radius 2 is 2.03 bits per heavy atom. The summed E-state index contributed by atoms with van der Waals surface area (Å²) in [5, 5.41) is 17.8. The Kier molecular flexibility index (Phi) is 5.51. The summed E-state index contributed by atoms with van der Waals surface area (Å²) >= 11 is 0. The van der Waals surface area contributed by atoms with Crippen LogP contribution < -0.4 is 16.1 Å². The van der Waals surface area contributed by atoms with Crippen LogP contribution in [0.3, 0.4) is 0 Å². The molecule has 1 unspecified atom stereocenters. The second kappa shape index (κ2) is 8.10. The summed E-state index contributed by atoms with van der Waals surface area (Å²) in [6, 6.07) is 7.75. The van der Waals surface area contributed by atoms with Gasteiger partial charge in [-0.05, 0) is 44.7 Å². The van der Waals surface area contributed by atoms with Crippen LogP contribution in [-0.4, -0.2) is 44.0 Å². The largest absolute Gasteiger partial charge is 0.397 e. The van der Waals surface area contributed by atoms with E-state index in [1.807, 2.05) is 24.3 Å². The smallest absolute Gasteiger partial charge is 0.208 e. The summed E-state index contributed by atoms with van der Waals surface area (Å²) < 4.78 is 2.23. The average molecular weight is 410 g/mol. The molecule has 3 heterocycles. The SMILES string of the molecule is CC(C)c1[nH]nc2c(=Nc3ccccc3N)nc(N3CCCC3CO)n(C(C)C)c12. The van der Waals surface area contributed by atoms with Gasteiger partial charge in [0.15, 0.2) is 11.0 Å². The summed E-state index contributed by atoms with van der Waals surface area (Å²) in [5.74, 6) is 1.09. The van der Waals surface area contributed by atoms with E-state index >= 15 is 0 Å². The van der Waals surface area contributed by atoms with E-state index < -0.39 is 0 Å². The van der Waals surface area contributed by atoms with Gasteiger partial charge in [-0.25, -0.2) is 4.99 Å². The first-order valence-corrected chi connectivity index (χ1v) is 10.7. The number of benzene rings is 1. The van der Waals surface area contributed by atoms with Gasteiger partial charge in [0.25, 0.3) is 0 Å². The number of aromatic nitrogens is 4. The van der Waals surface area contributed by atoms with Crippen LogP contribution in [0, 0.1) is 0 Å². The van der Waals surface area contributed by atoms with Gasteiger partial charge < -0.3 is 20.3 Å². The van der Waals surface area contributed by atoms with Crippen LogP contribution in [-0.2, 0) is 0 Å². The summed E-state index contributed by atoms with van der Waals surface area (Å²) in [5.41, 5.74) is 10.8. The molecule has 0 saturated carbocycles. The molecule has 2 aromatic heterocycles. The quantitative estimate of drug-likeness (QED) is 0.561. The van der Waals surface area contributed by atoms with Crippen molar-refractivity contribution in [1.82, 2.24) is 19.7 Å². The second-order valence-electron chi connectivity index (χ2n) is 8.53. The molecule has 1 aliphatic rings. The molecule has 0 radical (unpaired) electrons. The third-order valence-corrected chi connectivity index (χ3v) is 5.74. The van der Waals surface area contributed by atoms with Crippen molar-refractivity contribution in [1.29, 1.82) is 0 Å². The van der Waals surface area contributed by atoms with E-state index in [-0.39, 0.29) is 24.6 Å². The molecule has 4 rings (SSSR count). The maximum Gasteiger partial charge on any atom is 0.208 e. The zero-order valence-electron chi connectivity index (χ0n) is 18.1. The fraction of sp³-hybridized carbons (Fsp3) is 0.500. The number of aromatic amines is 1. The molecule has 30 heavy (non-hydrogen) atoms. The molecule has 4 N–H and O–H groups in total. The highest BCUT2D eigenvalue weighted by molar-refractivity contribution is 5.79. The molecule has 1 aliphatic heterocycles. The van der Waals surface area contributed by atoms with Crippen molar-refractivity contribution < 1.29 is 5.11 Å². The number of nitrogens with zero attached hydrogens (tertiary/aromatic N) is 5. The van der Waals surface area contributed by atoms with Crippen LogP contribution in [0.15, 0.2) is 29.3 Å². The minimum atomic E-state index is 0.0593. The number of aliphatic hydroxyl groups excluding tert-OH is 1. The molecule has 0 spiro atoms. The zero-order chi connectivity index (χ0) is 21.4. The van der Waals surface area contributed by atoms with Crippen LogP contribution in [0.2, 0.25) is 0 Å². The molecular formula is C22H31N7O. The number of nitrogen functional groups attached to an aromatic ring is 1. The Labute approximate surface area is 176 Å². The van der Waals surface area contributed by atoms with E-state index in [2.05, 4.69) is 47.4 Å². The summed E-state index contributed by atoms with van der Waals surface area (Å²) in [6.07, 6.45) is 1.98. The maximum atomic E-state index is 9.95. The number of nitrogens with two attached hydrogens (primary N) is 1. The Hall–Kier alpha value is -2.87. The number of hydrogen-bond donors (Lipinski definition) is 3. The van der Waals surface area contributed by atoms with Gasteiger partial charge in [0.05, 0.1) is 35.2 Å². The summed E-state index contributed by atoms with van der Waals surface area (Å²) in [6.45, 7) is 9.57. The van der Waals surface area contributed by atoms with E-state index in [0.29, 0.717) is 16.9 Å². The van der Waals surface area contributed by atoms with Crippen molar-refractivity contribution in [3.63, 3.8) is 0 Å². The van der Waals surface area contributed by atoms with Crippen LogP contribution in [0.1, 0.15) is 58.2 Å². The maximum absolute atomic E-state index is 9.95. The number of rotatable bonds is 5. The molecule has 0 bridgehead atoms. The van der Waals surface area contributed by atoms with Crippen molar-refractivity contribution in [2.45, 2.75) is 58.5 Å². The molecule has 160 valence electrons. The number of H-pyrrole nitrogens is 1. The molecule has 1 fully saturated rings. The number of anilines is 2. The van der Waals surface area contributed by atoms with Crippen molar-refractivity contribution in [3.05, 3.63) is 35.4 Å². The monoisotopic (exact) mass is 409 g/mol. The van der Waals surface area contributed by atoms with E-state index in [1.54, 1.807) is 0 Å². The first-order valence-electron chi connectivity index (χ1n) is 10.7. The first-order chi connectivity index (χ1) is 14.4. The lowest BCUT2D eigenvalue weighted by Gasteiger charge is -2.29. The highest BCUT2D eigenvalue weighted by Gasteiger charge is 2.30. The Morgan fingerprint density at radius 3 is 2.70 bits per heavy atom. The lowest BCUT2D eigenvalue weighted by molar-refractivity contribution is 0.265. The minimum absolute atomic E-state index is 0.0593.